The van der Waals surface area contributed by atoms with E-state index < -0.39 is 10.0 Å². The summed E-state index contributed by atoms with van der Waals surface area (Å²) in [5.41, 5.74) is 2.14. The third-order valence-electron chi connectivity index (χ3n) is 3.92. The molecule has 1 unspecified atom stereocenters. The molecule has 6 nitrogen and oxygen atoms in total. The molecule has 2 aromatic rings. The summed E-state index contributed by atoms with van der Waals surface area (Å²) in [5.74, 6) is 1.02. The Morgan fingerprint density at radius 3 is 2.50 bits per heavy atom. The van der Waals surface area contributed by atoms with Crippen LogP contribution in [-0.4, -0.2) is 37.6 Å². The standard InChI is InChI=1S/C18H19N3O3S2/c1-13-7-9-15(10-8-13)26(23,24)21-20-17-12-25-11-16(17)19-18(22)14-5-3-2-4-6-14/h2-10,16,21H,11-12H2,1H3,(H,19,22). The van der Waals surface area contributed by atoms with Gasteiger partial charge in [0.15, 0.2) is 0 Å². The largest absolute Gasteiger partial charge is 0.343 e. The molecule has 1 aliphatic rings. The van der Waals surface area contributed by atoms with Crippen molar-refractivity contribution in [2.45, 2.75) is 17.9 Å². The highest BCUT2D eigenvalue weighted by molar-refractivity contribution is 8.00. The van der Waals surface area contributed by atoms with Crippen LogP contribution in [0.5, 0.6) is 0 Å². The molecule has 1 saturated heterocycles. The van der Waals surface area contributed by atoms with Gasteiger partial charge in [0.25, 0.3) is 15.9 Å². The number of hydrogen-bond donors (Lipinski definition) is 2. The minimum absolute atomic E-state index is 0.156. The van der Waals surface area contributed by atoms with Crippen LogP contribution in [0.15, 0.2) is 64.6 Å². The molecule has 0 aromatic heterocycles. The van der Waals surface area contributed by atoms with E-state index in [-0.39, 0.29) is 16.8 Å². The second kappa shape index (κ2) is 7.92. The molecule has 2 N–H and O–H groups in total. The first kappa shape index (κ1) is 18.5. The number of hydrazone groups is 1. The molecule has 1 atom stereocenters. The number of nitrogens with one attached hydrogen (secondary N) is 2. The zero-order chi connectivity index (χ0) is 18.6. The molecule has 1 fully saturated rings. The molecular weight excluding hydrogens is 370 g/mol. The van der Waals surface area contributed by atoms with Crippen LogP contribution in [0.25, 0.3) is 0 Å². The van der Waals surface area contributed by atoms with E-state index in [9.17, 15) is 13.2 Å². The van der Waals surface area contributed by atoms with Crippen LogP contribution in [-0.2, 0) is 10.0 Å². The number of rotatable bonds is 5. The topological polar surface area (TPSA) is 87.6 Å². The molecule has 26 heavy (non-hydrogen) atoms. The van der Waals surface area contributed by atoms with Gasteiger partial charge in [0.2, 0.25) is 0 Å². The molecular formula is C18H19N3O3S2. The van der Waals surface area contributed by atoms with Crippen molar-refractivity contribution in [1.29, 1.82) is 0 Å². The number of thioether (sulfide) groups is 1. The van der Waals surface area contributed by atoms with Crippen LogP contribution >= 0.6 is 11.8 Å². The lowest BCUT2D eigenvalue weighted by Gasteiger charge is -2.13. The van der Waals surface area contributed by atoms with Crippen molar-refractivity contribution < 1.29 is 13.2 Å². The van der Waals surface area contributed by atoms with Crippen LogP contribution in [0.4, 0.5) is 0 Å². The summed E-state index contributed by atoms with van der Waals surface area (Å²) in [6.07, 6.45) is 0. The Balaban J connectivity index is 1.69. The number of sulfonamides is 1. The predicted molar refractivity (Wildman–Crippen MR) is 104 cm³/mol. The first-order valence-electron chi connectivity index (χ1n) is 8.04. The quantitative estimate of drug-likeness (QED) is 0.767. The average Bonchev–Trinajstić information content (AvgIpc) is 3.08. The van der Waals surface area contributed by atoms with E-state index in [2.05, 4.69) is 15.2 Å². The Bertz CT molecular complexity index is 910. The second-order valence-corrected chi connectivity index (χ2v) is 8.61. The number of hydrogen-bond acceptors (Lipinski definition) is 5. The van der Waals surface area contributed by atoms with Gasteiger partial charge in [0.05, 0.1) is 16.6 Å². The highest BCUT2D eigenvalue weighted by Crippen LogP contribution is 2.17. The average molecular weight is 390 g/mol. The summed E-state index contributed by atoms with van der Waals surface area (Å²) in [4.78, 5) is 14.7. The van der Waals surface area contributed by atoms with E-state index in [1.807, 2.05) is 13.0 Å². The fourth-order valence-electron chi connectivity index (χ4n) is 2.43. The Kier molecular flexibility index (Phi) is 5.63. The van der Waals surface area contributed by atoms with E-state index in [0.717, 1.165) is 5.56 Å². The Labute approximate surface area is 157 Å². The van der Waals surface area contributed by atoms with Crippen LogP contribution < -0.4 is 10.1 Å². The molecule has 1 heterocycles. The molecule has 0 radical (unpaired) electrons. The van der Waals surface area contributed by atoms with Crippen LogP contribution in [0.3, 0.4) is 0 Å². The van der Waals surface area contributed by atoms with Crippen molar-refractivity contribution in [3.63, 3.8) is 0 Å². The molecule has 1 aliphatic heterocycles. The van der Waals surface area contributed by atoms with Crippen molar-refractivity contribution >= 4 is 33.4 Å². The van der Waals surface area contributed by atoms with E-state index in [4.69, 9.17) is 0 Å². The second-order valence-electron chi connectivity index (χ2n) is 5.92. The van der Waals surface area contributed by atoms with E-state index in [1.165, 1.54) is 12.1 Å². The molecule has 8 heteroatoms. The summed E-state index contributed by atoms with van der Waals surface area (Å²) in [5, 5.41) is 6.97. The van der Waals surface area contributed by atoms with Crippen molar-refractivity contribution in [1.82, 2.24) is 10.1 Å². The lowest BCUT2D eigenvalue weighted by molar-refractivity contribution is 0.0950. The number of aryl methyl sites for hydroxylation is 1. The Morgan fingerprint density at radius 1 is 1.12 bits per heavy atom. The maximum atomic E-state index is 12.3. The van der Waals surface area contributed by atoms with E-state index in [1.54, 1.807) is 48.2 Å². The van der Waals surface area contributed by atoms with Gasteiger partial charge in [-0.1, -0.05) is 35.9 Å². The van der Waals surface area contributed by atoms with Crippen LogP contribution in [0.1, 0.15) is 15.9 Å². The minimum Gasteiger partial charge on any atom is -0.343 e. The number of carbonyl (C=O) groups excluding carboxylic acids is 1. The van der Waals surface area contributed by atoms with Gasteiger partial charge in [0, 0.05) is 17.1 Å². The molecule has 0 saturated carbocycles. The highest BCUT2D eigenvalue weighted by atomic mass is 32.2. The normalized spacial score (nSPS) is 18.7. The SMILES string of the molecule is Cc1ccc(S(=O)(=O)NN=C2CSCC2NC(=O)c2ccccc2)cc1. The number of nitrogens with zero attached hydrogens (tertiary/aromatic N) is 1. The Hall–Kier alpha value is -2.32. The molecule has 2 aromatic carbocycles. The fourth-order valence-corrected chi connectivity index (χ4v) is 4.37. The van der Waals surface area contributed by atoms with Gasteiger partial charge in [-0.15, -0.1) is 0 Å². The maximum Gasteiger partial charge on any atom is 0.276 e. The molecule has 0 spiro atoms. The molecule has 0 aliphatic carbocycles. The summed E-state index contributed by atoms with van der Waals surface area (Å²) >= 11 is 1.60. The summed E-state index contributed by atoms with van der Waals surface area (Å²) in [7, 11) is -3.73. The van der Waals surface area contributed by atoms with Crippen molar-refractivity contribution in [2.75, 3.05) is 11.5 Å². The van der Waals surface area contributed by atoms with Crippen molar-refractivity contribution in [3.05, 3.63) is 65.7 Å². The lowest BCUT2D eigenvalue weighted by atomic mass is 10.1. The van der Waals surface area contributed by atoms with E-state index in [0.29, 0.717) is 22.8 Å². The summed E-state index contributed by atoms with van der Waals surface area (Å²) in [6, 6.07) is 15.1. The number of benzene rings is 2. The van der Waals surface area contributed by atoms with Gasteiger partial charge in [-0.25, -0.2) is 4.83 Å². The zero-order valence-corrected chi connectivity index (χ0v) is 15.8. The Morgan fingerprint density at radius 2 is 1.81 bits per heavy atom. The third kappa shape index (κ3) is 4.44. The molecule has 1 amide bonds. The van der Waals surface area contributed by atoms with E-state index >= 15 is 0 Å². The van der Waals surface area contributed by atoms with Crippen LogP contribution in [0, 0.1) is 6.92 Å². The van der Waals surface area contributed by atoms with Crippen molar-refractivity contribution in [3.8, 4) is 0 Å². The number of carbonyl (C=O) groups is 1. The third-order valence-corrected chi connectivity index (χ3v) is 6.21. The zero-order valence-electron chi connectivity index (χ0n) is 14.2. The lowest BCUT2D eigenvalue weighted by Crippen LogP contribution is -2.41. The minimum atomic E-state index is -3.73. The van der Waals surface area contributed by atoms with Gasteiger partial charge >= 0.3 is 0 Å². The highest BCUT2D eigenvalue weighted by Gasteiger charge is 2.26. The van der Waals surface area contributed by atoms with Crippen LogP contribution in [0.2, 0.25) is 0 Å². The fraction of sp³-hybridized carbons (Fsp3) is 0.222. The number of amides is 1. The summed E-state index contributed by atoms with van der Waals surface area (Å²) < 4.78 is 24.7. The predicted octanol–water partition coefficient (Wildman–Crippen LogP) is 2.17. The van der Waals surface area contributed by atoms with Gasteiger partial charge in [-0.3, -0.25) is 4.79 Å². The summed E-state index contributed by atoms with van der Waals surface area (Å²) in [6.45, 7) is 1.89. The van der Waals surface area contributed by atoms with Gasteiger partial charge in [0.1, 0.15) is 0 Å². The monoisotopic (exact) mass is 389 g/mol. The smallest absolute Gasteiger partial charge is 0.276 e. The molecule has 0 bridgehead atoms. The van der Waals surface area contributed by atoms with Crippen molar-refractivity contribution in [2.24, 2.45) is 5.10 Å². The maximum absolute atomic E-state index is 12.3. The van der Waals surface area contributed by atoms with Gasteiger partial charge < -0.3 is 5.32 Å². The van der Waals surface area contributed by atoms with Gasteiger partial charge in [-0.2, -0.15) is 25.3 Å². The first-order valence-corrected chi connectivity index (χ1v) is 10.7. The molecule has 136 valence electrons. The first-order chi connectivity index (χ1) is 12.5. The van der Waals surface area contributed by atoms with Gasteiger partial charge in [-0.05, 0) is 31.2 Å². The molecule has 3 rings (SSSR count).